The van der Waals surface area contributed by atoms with Gasteiger partial charge in [-0.25, -0.2) is 0 Å². The van der Waals surface area contributed by atoms with E-state index < -0.39 is 0 Å². The van der Waals surface area contributed by atoms with Gasteiger partial charge in [0.25, 0.3) is 5.91 Å². The Balaban J connectivity index is 1.64. The molecule has 1 atom stereocenters. The van der Waals surface area contributed by atoms with Crippen molar-refractivity contribution in [3.63, 3.8) is 0 Å². The monoisotopic (exact) mass is 257 g/mol. The number of amides is 1. The molecule has 0 saturated heterocycles. The van der Waals surface area contributed by atoms with Crippen molar-refractivity contribution < 1.29 is 4.79 Å². The molecule has 0 radical (unpaired) electrons. The molecule has 1 unspecified atom stereocenters. The van der Waals surface area contributed by atoms with Gasteiger partial charge in [0.05, 0.1) is 0 Å². The normalized spacial score (nSPS) is 21.5. The van der Waals surface area contributed by atoms with E-state index in [0.29, 0.717) is 5.92 Å². The van der Waals surface area contributed by atoms with Gasteiger partial charge in [-0.1, -0.05) is 57.2 Å². The number of nitrogens with zero attached hydrogens (tertiary/aromatic N) is 1. The van der Waals surface area contributed by atoms with Crippen molar-refractivity contribution in [3.8, 4) is 0 Å². The average molecular weight is 257 g/mol. The molecule has 1 aliphatic carbocycles. The number of carbonyl (C=O) groups is 1. The fraction of sp³-hybridized carbons (Fsp3) is 0.588. The molecule has 2 aliphatic rings. The van der Waals surface area contributed by atoms with Crippen molar-refractivity contribution in [2.75, 3.05) is 6.54 Å². The first-order valence-electron chi connectivity index (χ1n) is 7.63. The van der Waals surface area contributed by atoms with Gasteiger partial charge in [-0.3, -0.25) is 4.79 Å². The van der Waals surface area contributed by atoms with Gasteiger partial charge in [0.1, 0.15) is 0 Å². The summed E-state index contributed by atoms with van der Waals surface area (Å²) in [6.07, 6.45) is 6.87. The maximum absolute atomic E-state index is 12.3. The number of hydrogen-bond donors (Lipinski definition) is 0. The zero-order valence-electron chi connectivity index (χ0n) is 11.8. The number of benzene rings is 1. The second-order valence-corrected chi connectivity index (χ2v) is 6.22. The summed E-state index contributed by atoms with van der Waals surface area (Å²) in [5.74, 6) is 1.70. The molecule has 1 heterocycles. The van der Waals surface area contributed by atoms with E-state index in [2.05, 4.69) is 13.0 Å². The third kappa shape index (κ3) is 2.54. The van der Waals surface area contributed by atoms with Crippen molar-refractivity contribution in [1.82, 2.24) is 4.90 Å². The predicted molar refractivity (Wildman–Crippen MR) is 76.9 cm³/mol. The van der Waals surface area contributed by atoms with E-state index in [1.165, 1.54) is 37.7 Å². The number of carbonyl (C=O) groups excluding carboxylic acids is 1. The molecule has 1 fully saturated rings. The van der Waals surface area contributed by atoms with Crippen molar-refractivity contribution >= 4 is 5.91 Å². The second kappa shape index (κ2) is 5.36. The van der Waals surface area contributed by atoms with Gasteiger partial charge in [-0.2, -0.15) is 0 Å². The van der Waals surface area contributed by atoms with Crippen LogP contribution in [0.3, 0.4) is 0 Å². The standard InChI is InChI=1S/C17H23NO/c1-13(14-7-3-2-4-8-14)11-18-12-15-9-5-6-10-16(15)17(18)19/h5-6,9-10,13-14H,2-4,7-8,11-12H2,1H3. The van der Waals surface area contributed by atoms with E-state index in [-0.39, 0.29) is 5.91 Å². The van der Waals surface area contributed by atoms with Crippen LogP contribution in [0.4, 0.5) is 0 Å². The number of rotatable bonds is 3. The minimum atomic E-state index is 0.234. The molecule has 0 spiro atoms. The lowest BCUT2D eigenvalue weighted by molar-refractivity contribution is 0.0725. The molecule has 0 aromatic heterocycles. The first kappa shape index (κ1) is 12.7. The van der Waals surface area contributed by atoms with Crippen LogP contribution in [0.2, 0.25) is 0 Å². The third-order valence-corrected chi connectivity index (χ3v) is 4.86. The molecule has 1 aromatic carbocycles. The van der Waals surface area contributed by atoms with Crippen molar-refractivity contribution in [3.05, 3.63) is 35.4 Å². The Labute approximate surface area is 115 Å². The van der Waals surface area contributed by atoms with Crippen LogP contribution in [0.5, 0.6) is 0 Å². The molecular formula is C17H23NO. The van der Waals surface area contributed by atoms with Gasteiger partial charge >= 0.3 is 0 Å². The molecular weight excluding hydrogens is 234 g/mol. The van der Waals surface area contributed by atoms with Crippen molar-refractivity contribution in [2.45, 2.75) is 45.6 Å². The fourth-order valence-corrected chi connectivity index (χ4v) is 3.66. The van der Waals surface area contributed by atoms with Gasteiger partial charge in [0.2, 0.25) is 0 Å². The van der Waals surface area contributed by atoms with Crippen LogP contribution in [0, 0.1) is 11.8 Å². The van der Waals surface area contributed by atoms with E-state index in [0.717, 1.165) is 24.6 Å². The van der Waals surface area contributed by atoms with Crippen LogP contribution in [0.15, 0.2) is 24.3 Å². The van der Waals surface area contributed by atoms with Crippen molar-refractivity contribution in [2.24, 2.45) is 11.8 Å². The van der Waals surface area contributed by atoms with Crippen LogP contribution in [-0.4, -0.2) is 17.4 Å². The Hall–Kier alpha value is -1.31. The summed E-state index contributed by atoms with van der Waals surface area (Å²) in [4.78, 5) is 14.4. The van der Waals surface area contributed by atoms with E-state index in [4.69, 9.17) is 0 Å². The fourth-order valence-electron chi connectivity index (χ4n) is 3.66. The zero-order chi connectivity index (χ0) is 13.2. The topological polar surface area (TPSA) is 20.3 Å². The van der Waals surface area contributed by atoms with Gasteiger partial charge < -0.3 is 4.90 Å². The van der Waals surface area contributed by atoms with Gasteiger partial charge in [-0.05, 0) is 23.5 Å². The van der Waals surface area contributed by atoms with Gasteiger partial charge in [-0.15, -0.1) is 0 Å². The predicted octanol–water partition coefficient (Wildman–Crippen LogP) is 3.86. The molecule has 19 heavy (non-hydrogen) atoms. The summed E-state index contributed by atoms with van der Waals surface area (Å²) < 4.78 is 0. The highest BCUT2D eigenvalue weighted by Gasteiger charge is 2.30. The molecule has 1 aromatic rings. The molecule has 2 nitrogen and oxygen atoms in total. The molecule has 102 valence electrons. The first-order chi connectivity index (χ1) is 9.25. The van der Waals surface area contributed by atoms with Crippen molar-refractivity contribution in [1.29, 1.82) is 0 Å². The number of fused-ring (bicyclic) bond motifs is 1. The zero-order valence-corrected chi connectivity index (χ0v) is 11.8. The average Bonchev–Trinajstić information content (AvgIpc) is 2.77. The highest BCUT2D eigenvalue weighted by molar-refractivity contribution is 5.98. The smallest absolute Gasteiger partial charge is 0.254 e. The minimum Gasteiger partial charge on any atom is -0.334 e. The summed E-state index contributed by atoms with van der Waals surface area (Å²) in [6, 6.07) is 8.03. The highest BCUT2D eigenvalue weighted by Crippen LogP contribution is 2.32. The van der Waals surface area contributed by atoms with E-state index in [9.17, 15) is 4.79 Å². The van der Waals surface area contributed by atoms with Crippen LogP contribution in [0.1, 0.15) is 54.9 Å². The lowest BCUT2D eigenvalue weighted by Crippen LogP contribution is -2.32. The van der Waals surface area contributed by atoms with Gasteiger partial charge in [0.15, 0.2) is 0 Å². The summed E-state index contributed by atoms with van der Waals surface area (Å²) in [6.45, 7) is 4.07. The summed E-state index contributed by atoms with van der Waals surface area (Å²) >= 11 is 0. The summed E-state index contributed by atoms with van der Waals surface area (Å²) in [5.41, 5.74) is 2.11. The molecule has 1 aliphatic heterocycles. The maximum atomic E-state index is 12.3. The Morgan fingerprint density at radius 1 is 1.21 bits per heavy atom. The Morgan fingerprint density at radius 2 is 1.95 bits per heavy atom. The van der Waals surface area contributed by atoms with Gasteiger partial charge in [0, 0.05) is 18.7 Å². The molecule has 2 heteroatoms. The Kier molecular flexibility index (Phi) is 3.58. The Morgan fingerprint density at radius 3 is 2.68 bits per heavy atom. The molecule has 3 rings (SSSR count). The molecule has 0 N–H and O–H groups in total. The third-order valence-electron chi connectivity index (χ3n) is 4.86. The van der Waals surface area contributed by atoms with Crippen LogP contribution in [-0.2, 0) is 6.54 Å². The molecule has 1 amide bonds. The summed E-state index contributed by atoms with van der Waals surface area (Å²) in [5, 5.41) is 0. The lowest BCUT2D eigenvalue weighted by Gasteiger charge is -2.30. The SMILES string of the molecule is CC(CN1Cc2ccccc2C1=O)C1CCCCC1. The second-order valence-electron chi connectivity index (χ2n) is 6.22. The lowest BCUT2D eigenvalue weighted by atomic mass is 9.80. The maximum Gasteiger partial charge on any atom is 0.254 e. The highest BCUT2D eigenvalue weighted by atomic mass is 16.2. The van der Waals surface area contributed by atoms with E-state index in [1.54, 1.807) is 0 Å². The minimum absolute atomic E-state index is 0.234. The Bertz CT molecular complexity index is 462. The molecule has 1 saturated carbocycles. The molecule has 0 bridgehead atoms. The number of hydrogen-bond acceptors (Lipinski definition) is 1. The first-order valence-corrected chi connectivity index (χ1v) is 7.63. The largest absolute Gasteiger partial charge is 0.334 e. The van der Waals surface area contributed by atoms with Crippen LogP contribution in [0.25, 0.3) is 0 Å². The van der Waals surface area contributed by atoms with E-state index >= 15 is 0 Å². The van der Waals surface area contributed by atoms with E-state index in [1.807, 2.05) is 23.1 Å². The summed E-state index contributed by atoms with van der Waals surface area (Å²) in [7, 11) is 0. The van der Waals surface area contributed by atoms with Crippen LogP contribution < -0.4 is 0 Å². The quantitative estimate of drug-likeness (QED) is 0.805. The van der Waals surface area contributed by atoms with Crippen LogP contribution >= 0.6 is 0 Å².